The molecule has 1 fully saturated rings. The molecule has 0 spiro atoms. The molecule has 1 aliphatic heterocycles. The summed E-state index contributed by atoms with van der Waals surface area (Å²) in [5, 5.41) is 2.46. The molecule has 1 aromatic rings. The second-order valence-electron chi connectivity index (χ2n) is 4.99. The van der Waals surface area contributed by atoms with Crippen LogP contribution >= 0.6 is 0 Å². The monoisotopic (exact) mass is 317 g/mol. The van der Waals surface area contributed by atoms with Gasteiger partial charge in [0.15, 0.2) is 0 Å². The molecule has 0 saturated carbocycles. The molecule has 0 aromatic carbocycles. The van der Waals surface area contributed by atoms with Crippen molar-refractivity contribution in [3.8, 4) is 0 Å². The second kappa shape index (κ2) is 5.82. The predicted molar refractivity (Wildman–Crippen MR) is 70.2 cm³/mol. The van der Waals surface area contributed by atoms with Crippen LogP contribution in [-0.2, 0) is 11.0 Å². The van der Waals surface area contributed by atoms with E-state index >= 15 is 0 Å². The van der Waals surface area contributed by atoms with E-state index in [1.165, 1.54) is 6.92 Å². The van der Waals surface area contributed by atoms with E-state index in [-0.39, 0.29) is 24.1 Å². The molecule has 6 nitrogen and oxygen atoms in total. The van der Waals surface area contributed by atoms with Crippen LogP contribution in [0.15, 0.2) is 17.1 Å². The number of pyridine rings is 1. The SMILES string of the molecule is CC(=O)N1CCC1CNC(=O)c1c[nH]c(=O)c(C(F)(F)F)c1. The van der Waals surface area contributed by atoms with Gasteiger partial charge in [0.2, 0.25) is 5.91 Å². The summed E-state index contributed by atoms with van der Waals surface area (Å²) in [4.78, 5) is 37.6. The van der Waals surface area contributed by atoms with E-state index in [4.69, 9.17) is 0 Å². The van der Waals surface area contributed by atoms with Crippen molar-refractivity contribution < 1.29 is 22.8 Å². The van der Waals surface area contributed by atoms with Crippen LogP contribution in [0.2, 0.25) is 0 Å². The molecular weight excluding hydrogens is 303 g/mol. The Morgan fingerprint density at radius 1 is 1.45 bits per heavy atom. The molecule has 1 aromatic heterocycles. The fourth-order valence-corrected chi connectivity index (χ4v) is 2.21. The maximum absolute atomic E-state index is 12.6. The zero-order valence-electron chi connectivity index (χ0n) is 11.7. The number of halogens is 3. The average Bonchev–Trinajstić information content (AvgIpc) is 2.35. The number of nitrogens with one attached hydrogen (secondary N) is 2. The Bertz CT molecular complexity index is 654. The number of H-pyrrole nitrogens is 1. The first-order chi connectivity index (χ1) is 10.2. The van der Waals surface area contributed by atoms with Crippen molar-refractivity contribution in [3.05, 3.63) is 33.7 Å². The highest BCUT2D eigenvalue weighted by molar-refractivity contribution is 5.94. The number of carbonyl (C=O) groups is 2. The summed E-state index contributed by atoms with van der Waals surface area (Å²) in [6.45, 7) is 2.16. The Kier molecular flexibility index (Phi) is 4.25. The molecule has 2 heterocycles. The van der Waals surface area contributed by atoms with Crippen LogP contribution in [0, 0.1) is 0 Å². The molecule has 9 heteroatoms. The third kappa shape index (κ3) is 3.29. The van der Waals surface area contributed by atoms with Crippen molar-refractivity contribution in [1.29, 1.82) is 0 Å². The molecule has 0 aliphatic carbocycles. The van der Waals surface area contributed by atoms with Gasteiger partial charge in [0.25, 0.3) is 11.5 Å². The lowest BCUT2D eigenvalue weighted by molar-refractivity contribution is -0.139. The minimum Gasteiger partial charge on any atom is -0.350 e. The number of hydrogen-bond donors (Lipinski definition) is 2. The van der Waals surface area contributed by atoms with Gasteiger partial charge in [-0.25, -0.2) is 0 Å². The number of hydrogen-bond acceptors (Lipinski definition) is 3. The molecule has 0 bridgehead atoms. The van der Waals surface area contributed by atoms with Crippen LogP contribution in [0.5, 0.6) is 0 Å². The first-order valence-electron chi connectivity index (χ1n) is 6.55. The van der Waals surface area contributed by atoms with Crippen molar-refractivity contribution in [2.45, 2.75) is 25.6 Å². The molecule has 120 valence electrons. The lowest BCUT2D eigenvalue weighted by Gasteiger charge is -2.40. The number of rotatable bonds is 3. The van der Waals surface area contributed by atoms with Gasteiger partial charge in [-0.2, -0.15) is 13.2 Å². The molecule has 1 saturated heterocycles. The highest BCUT2D eigenvalue weighted by Gasteiger charge is 2.35. The molecular formula is C13H14F3N3O3. The Balaban J connectivity index is 2.04. The minimum absolute atomic E-state index is 0.117. The maximum Gasteiger partial charge on any atom is 0.421 e. The third-order valence-corrected chi connectivity index (χ3v) is 3.52. The van der Waals surface area contributed by atoms with E-state index in [2.05, 4.69) is 5.32 Å². The summed E-state index contributed by atoms with van der Waals surface area (Å²) in [6.07, 6.45) is -3.18. The van der Waals surface area contributed by atoms with E-state index in [1.807, 2.05) is 4.98 Å². The van der Waals surface area contributed by atoms with Crippen LogP contribution in [-0.4, -0.2) is 40.8 Å². The van der Waals surface area contributed by atoms with Gasteiger partial charge in [0.1, 0.15) is 5.56 Å². The second-order valence-corrected chi connectivity index (χ2v) is 4.99. The van der Waals surface area contributed by atoms with Gasteiger partial charge in [-0.05, 0) is 12.5 Å². The standard InChI is InChI=1S/C13H14F3N3O3/c1-7(20)19-3-2-9(19)6-18-11(21)8-4-10(13(14,15)16)12(22)17-5-8/h4-5,9H,2-3,6H2,1H3,(H,17,22)(H,18,21). The van der Waals surface area contributed by atoms with Crippen LogP contribution in [0.25, 0.3) is 0 Å². The zero-order chi connectivity index (χ0) is 16.5. The predicted octanol–water partition coefficient (Wildman–Crippen LogP) is 0.744. The summed E-state index contributed by atoms with van der Waals surface area (Å²) in [5.41, 5.74) is -3.01. The zero-order valence-corrected chi connectivity index (χ0v) is 11.7. The summed E-state index contributed by atoms with van der Waals surface area (Å²) >= 11 is 0. The number of amides is 2. The number of nitrogens with zero attached hydrogens (tertiary/aromatic N) is 1. The average molecular weight is 317 g/mol. The largest absolute Gasteiger partial charge is 0.421 e. The number of likely N-dealkylation sites (tertiary alicyclic amines) is 1. The maximum atomic E-state index is 12.6. The van der Waals surface area contributed by atoms with Gasteiger partial charge in [0, 0.05) is 26.2 Å². The number of alkyl halides is 3. The van der Waals surface area contributed by atoms with E-state index in [0.717, 1.165) is 12.6 Å². The van der Waals surface area contributed by atoms with E-state index in [1.54, 1.807) is 4.90 Å². The van der Waals surface area contributed by atoms with Crippen molar-refractivity contribution in [2.24, 2.45) is 0 Å². The van der Waals surface area contributed by atoms with Crippen molar-refractivity contribution >= 4 is 11.8 Å². The number of aromatic amines is 1. The number of aromatic nitrogens is 1. The van der Waals surface area contributed by atoms with Crippen molar-refractivity contribution in [1.82, 2.24) is 15.2 Å². The van der Waals surface area contributed by atoms with E-state index in [0.29, 0.717) is 12.6 Å². The summed E-state index contributed by atoms with van der Waals surface area (Å²) < 4.78 is 37.8. The summed E-state index contributed by atoms with van der Waals surface area (Å²) in [6, 6.07) is 0.365. The normalized spacial score (nSPS) is 17.8. The summed E-state index contributed by atoms with van der Waals surface area (Å²) in [5.74, 6) is -0.856. The first-order valence-corrected chi connectivity index (χ1v) is 6.55. The van der Waals surface area contributed by atoms with Crippen LogP contribution in [0.4, 0.5) is 13.2 Å². The molecule has 1 aliphatic rings. The third-order valence-electron chi connectivity index (χ3n) is 3.52. The highest BCUT2D eigenvalue weighted by Crippen LogP contribution is 2.26. The van der Waals surface area contributed by atoms with Gasteiger partial charge in [-0.1, -0.05) is 0 Å². The van der Waals surface area contributed by atoms with Gasteiger partial charge in [0.05, 0.1) is 11.6 Å². The van der Waals surface area contributed by atoms with Crippen molar-refractivity contribution in [2.75, 3.05) is 13.1 Å². The van der Waals surface area contributed by atoms with E-state index < -0.39 is 23.2 Å². The smallest absolute Gasteiger partial charge is 0.350 e. The Morgan fingerprint density at radius 2 is 2.14 bits per heavy atom. The van der Waals surface area contributed by atoms with Gasteiger partial charge < -0.3 is 15.2 Å². The van der Waals surface area contributed by atoms with Crippen LogP contribution in [0.1, 0.15) is 29.3 Å². The van der Waals surface area contributed by atoms with E-state index in [9.17, 15) is 27.6 Å². The summed E-state index contributed by atoms with van der Waals surface area (Å²) in [7, 11) is 0. The molecule has 2 amide bonds. The highest BCUT2D eigenvalue weighted by atomic mass is 19.4. The van der Waals surface area contributed by atoms with Gasteiger partial charge in [-0.3, -0.25) is 14.4 Å². The molecule has 1 unspecified atom stereocenters. The van der Waals surface area contributed by atoms with Gasteiger partial charge in [-0.15, -0.1) is 0 Å². The topological polar surface area (TPSA) is 82.3 Å². The minimum atomic E-state index is -4.83. The Morgan fingerprint density at radius 3 is 2.64 bits per heavy atom. The van der Waals surface area contributed by atoms with Gasteiger partial charge >= 0.3 is 6.18 Å². The molecule has 2 rings (SSSR count). The lowest BCUT2D eigenvalue weighted by Crippen LogP contribution is -2.55. The molecule has 22 heavy (non-hydrogen) atoms. The fraction of sp³-hybridized carbons (Fsp3) is 0.462. The van der Waals surface area contributed by atoms with Crippen molar-refractivity contribution in [3.63, 3.8) is 0 Å². The molecule has 2 N–H and O–H groups in total. The Hall–Kier alpha value is -2.32. The first kappa shape index (κ1) is 16.1. The number of carbonyl (C=O) groups excluding carboxylic acids is 2. The van der Waals surface area contributed by atoms with Crippen LogP contribution < -0.4 is 10.9 Å². The fourth-order valence-electron chi connectivity index (χ4n) is 2.21. The Labute approximate surface area is 123 Å². The molecule has 1 atom stereocenters. The molecule has 0 radical (unpaired) electrons. The van der Waals surface area contributed by atoms with Crippen LogP contribution in [0.3, 0.4) is 0 Å². The lowest BCUT2D eigenvalue weighted by atomic mass is 10.0. The quantitative estimate of drug-likeness (QED) is 0.863.